The van der Waals surface area contributed by atoms with Gasteiger partial charge in [-0.2, -0.15) is 0 Å². The van der Waals surface area contributed by atoms with Gasteiger partial charge in [0.2, 0.25) is 0 Å². The molecule has 0 spiro atoms. The number of fused-ring (bicyclic) bond motifs is 1. The predicted octanol–water partition coefficient (Wildman–Crippen LogP) is 1.49. The van der Waals surface area contributed by atoms with Crippen molar-refractivity contribution in [2.45, 2.75) is 6.42 Å². The Bertz CT molecular complexity index is 270. The first-order valence-corrected chi connectivity index (χ1v) is 3.74. The molecule has 0 bridgehead atoms. The van der Waals surface area contributed by atoms with Crippen LogP contribution in [0.1, 0.15) is 5.56 Å². The zero-order valence-electron chi connectivity index (χ0n) is 6.50. The molecule has 2 nitrogen and oxygen atoms in total. The lowest BCUT2D eigenvalue weighted by atomic mass is 10.1. The average Bonchev–Trinajstić information content (AvgIpc) is 2.50. The van der Waals surface area contributed by atoms with Gasteiger partial charge in [-0.05, 0) is 30.2 Å². The molecular weight excluding hydrogens is 138 g/mol. The second-order valence-corrected chi connectivity index (χ2v) is 2.63. The number of nitrogens with zero attached hydrogens (tertiary/aromatic N) is 1. The highest BCUT2D eigenvalue weighted by atomic mass is 16.5. The second kappa shape index (κ2) is 2.46. The van der Waals surface area contributed by atoms with Gasteiger partial charge in [-0.1, -0.05) is 0 Å². The predicted molar refractivity (Wildman–Crippen MR) is 43.4 cm³/mol. The summed E-state index contributed by atoms with van der Waals surface area (Å²) >= 11 is 0. The first-order chi connectivity index (χ1) is 5.40. The van der Waals surface area contributed by atoms with Crippen molar-refractivity contribution in [3.63, 3.8) is 0 Å². The highest BCUT2D eigenvalue weighted by Crippen LogP contribution is 2.26. The summed E-state index contributed by atoms with van der Waals surface area (Å²) in [5.41, 5.74) is 2.44. The van der Waals surface area contributed by atoms with Gasteiger partial charge in [0, 0.05) is 6.54 Å². The highest BCUT2D eigenvalue weighted by Gasteiger charge is 2.11. The number of hydrogen-bond donors (Lipinski definition) is 0. The van der Waals surface area contributed by atoms with E-state index in [0.717, 1.165) is 24.4 Å². The van der Waals surface area contributed by atoms with E-state index in [1.165, 1.54) is 5.56 Å². The third-order valence-electron chi connectivity index (χ3n) is 1.95. The lowest BCUT2D eigenvalue weighted by Crippen LogP contribution is -1.88. The summed E-state index contributed by atoms with van der Waals surface area (Å²) in [6, 6.07) is 6.03. The third-order valence-corrected chi connectivity index (χ3v) is 1.95. The van der Waals surface area contributed by atoms with Gasteiger partial charge >= 0.3 is 0 Å². The van der Waals surface area contributed by atoms with E-state index in [1.807, 2.05) is 12.1 Å². The topological polar surface area (TPSA) is 23.3 Å². The standard InChI is InChI=1S/C9H10NO/c1-11-8-2-3-9-7(6-8)4-5-10-9/h2-3,6H,4-5H2,1H3. The van der Waals surface area contributed by atoms with Crippen LogP contribution in [0, 0.1) is 0 Å². The molecule has 1 aromatic carbocycles. The first-order valence-electron chi connectivity index (χ1n) is 3.74. The van der Waals surface area contributed by atoms with Crippen molar-refractivity contribution in [3.8, 4) is 5.75 Å². The number of rotatable bonds is 1. The summed E-state index contributed by atoms with van der Waals surface area (Å²) in [5, 5.41) is 4.32. The Labute approximate surface area is 66.2 Å². The molecule has 11 heavy (non-hydrogen) atoms. The van der Waals surface area contributed by atoms with Crippen molar-refractivity contribution in [1.29, 1.82) is 0 Å². The van der Waals surface area contributed by atoms with Gasteiger partial charge in [0.15, 0.2) is 0 Å². The summed E-state index contributed by atoms with van der Waals surface area (Å²) in [4.78, 5) is 0. The second-order valence-electron chi connectivity index (χ2n) is 2.63. The molecule has 0 aromatic heterocycles. The van der Waals surface area contributed by atoms with E-state index in [0.29, 0.717) is 0 Å². The Balaban J connectivity index is 2.41. The van der Waals surface area contributed by atoms with Crippen molar-refractivity contribution in [2.24, 2.45) is 0 Å². The van der Waals surface area contributed by atoms with Crippen molar-refractivity contribution in [1.82, 2.24) is 5.32 Å². The van der Waals surface area contributed by atoms with Crippen molar-refractivity contribution < 1.29 is 4.74 Å². The van der Waals surface area contributed by atoms with Crippen LogP contribution in [0.5, 0.6) is 5.75 Å². The Hall–Kier alpha value is -1.18. The normalized spacial score (nSPS) is 13.9. The maximum absolute atomic E-state index is 5.10. The van der Waals surface area contributed by atoms with Gasteiger partial charge in [-0.25, -0.2) is 0 Å². The van der Waals surface area contributed by atoms with Crippen LogP contribution >= 0.6 is 0 Å². The van der Waals surface area contributed by atoms with E-state index < -0.39 is 0 Å². The molecule has 0 unspecified atom stereocenters. The smallest absolute Gasteiger partial charge is 0.119 e. The van der Waals surface area contributed by atoms with Crippen molar-refractivity contribution >= 4 is 5.69 Å². The molecule has 0 fully saturated rings. The zero-order valence-corrected chi connectivity index (χ0v) is 6.50. The fourth-order valence-corrected chi connectivity index (χ4v) is 1.34. The van der Waals surface area contributed by atoms with Crippen molar-refractivity contribution in [3.05, 3.63) is 23.8 Å². The number of benzene rings is 1. The molecule has 0 N–H and O–H groups in total. The molecule has 0 atom stereocenters. The van der Waals surface area contributed by atoms with Crippen LogP contribution in [-0.2, 0) is 6.42 Å². The summed E-state index contributed by atoms with van der Waals surface area (Å²) in [6.07, 6.45) is 1.06. The minimum atomic E-state index is 0.931. The number of hydrogen-bond acceptors (Lipinski definition) is 1. The Morgan fingerprint density at radius 3 is 3.18 bits per heavy atom. The average molecular weight is 148 g/mol. The molecule has 1 radical (unpaired) electrons. The van der Waals surface area contributed by atoms with Gasteiger partial charge in [-0.3, -0.25) is 5.32 Å². The van der Waals surface area contributed by atoms with Crippen LogP contribution in [0.2, 0.25) is 0 Å². The van der Waals surface area contributed by atoms with E-state index in [9.17, 15) is 0 Å². The maximum Gasteiger partial charge on any atom is 0.119 e. The maximum atomic E-state index is 5.10. The Morgan fingerprint density at radius 1 is 1.45 bits per heavy atom. The Kier molecular flexibility index (Phi) is 1.46. The molecule has 0 amide bonds. The largest absolute Gasteiger partial charge is 0.497 e. The molecule has 57 valence electrons. The number of methoxy groups -OCH3 is 1. The lowest BCUT2D eigenvalue weighted by Gasteiger charge is -2.01. The minimum absolute atomic E-state index is 0.931. The van der Waals surface area contributed by atoms with E-state index in [-0.39, 0.29) is 0 Å². The highest BCUT2D eigenvalue weighted by molar-refractivity contribution is 5.51. The molecule has 2 heteroatoms. The van der Waals surface area contributed by atoms with Gasteiger partial charge < -0.3 is 4.74 Å². The van der Waals surface area contributed by atoms with Crippen LogP contribution in [0.15, 0.2) is 18.2 Å². The molecular formula is C9H10NO. The van der Waals surface area contributed by atoms with Crippen LogP contribution in [0.3, 0.4) is 0 Å². The molecule has 0 saturated heterocycles. The van der Waals surface area contributed by atoms with E-state index in [4.69, 9.17) is 4.74 Å². The summed E-state index contributed by atoms with van der Waals surface area (Å²) in [7, 11) is 1.69. The van der Waals surface area contributed by atoms with Gasteiger partial charge in [-0.15, -0.1) is 0 Å². The first kappa shape index (κ1) is 6.53. The monoisotopic (exact) mass is 148 g/mol. The fraction of sp³-hybridized carbons (Fsp3) is 0.333. The molecule has 2 rings (SSSR count). The summed E-state index contributed by atoms with van der Waals surface area (Å²) in [6.45, 7) is 0.933. The van der Waals surface area contributed by atoms with Gasteiger partial charge in [0.1, 0.15) is 5.75 Å². The molecule has 0 aliphatic carbocycles. The van der Waals surface area contributed by atoms with E-state index >= 15 is 0 Å². The van der Waals surface area contributed by atoms with E-state index in [2.05, 4.69) is 11.4 Å². The van der Waals surface area contributed by atoms with Crippen molar-refractivity contribution in [2.75, 3.05) is 13.7 Å². The van der Waals surface area contributed by atoms with Crippen LogP contribution < -0.4 is 10.1 Å². The molecule has 1 aromatic rings. The fourth-order valence-electron chi connectivity index (χ4n) is 1.34. The van der Waals surface area contributed by atoms with Gasteiger partial charge in [0.25, 0.3) is 0 Å². The molecule has 1 aliphatic rings. The minimum Gasteiger partial charge on any atom is -0.497 e. The molecule has 1 aliphatic heterocycles. The van der Waals surface area contributed by atoms with Crippen LogP contribution in [0.25, 0.3) is 0 Å². The summed E-state index contributed by atoms with van der Waals surface area (Å²) in [5.74, 6) is 0.931. The summed E-state index contributed by atoms with van der Waals surface area (Å²) < 4.78 is 5.10. The zero-order chi connectivity index (χ0) is 7.68. The lowest BCUT2D eigenvalue weighted by molar-refractivity contribution is 0.414. The van der Waals surface area contributed by atoms with Crippen LogP contribution in [-0.4, -0.2) is 13.7 Å². The van der Waals surface area contributed by atoms with Crippen LogP contribution in [0.4, 0.5) is 5.69 Å². The quantitative estimate of drug-likeness (QED) is 0.591. The molecule has 0 saturated carbocycles. The third kappa shape index (κ3) is 1.04. The van der Waals surface area contributed by atoms with E-state index in [1.54, 1.807) is 7.11 Å². The van der Waals surface area contributed by atoms with Gasteiger partial charge in [0.05, 0.1) is 12.8 Å². The SMILES string of the molecule is COc1ccc2c(c1)CC[N]2. The number of ether oxygens (including phenoxy) is 1. The molecule has 1 heterocycles. The Morgan fingerprint density at radius 2 is 2.36 bits per heavy atom.